The summed E-state index contributed by atoms with van der Waals surface area (Å²) in [5, 5.41) is 5.36. The van der Waals surface area contributed by atoms with Gasteiger partial charge in [0.1, 0.15) is 0 Å². The second kappa shape index (κ2) is 5.66. The van der Waals surface area contributed by atoms with Crippen molar-refractivity contribution in [2.75, 3.05) is 10.2 Å². The second-order valence-electron chi connectivity index (χ2n) is 5.55. The van der Waals surface area contributed by atoms with E-state index in [2.05, 4.69) is 5.32 Å². The van der Waals surface area contributed by atoms with Crippen LogP contribution >= 0.6 is 0 Å². The fraction of sp³-hybridized carbons (Fsp3) is 0. The van der Waals surface area contributed by atoms with Gasteiger partial charge in [0.2, 0.25) is 0 Å². The maximum atomic E-state index is 12.0. The predicted molar refractivity (Wildman–Crippen MR) is 95.3 cm³/mol. The Morgan fingerprint density at radius 1 is 0.750 bits per heavy atom. The number of nitrogens with zero attached hydrogens (tertiary/aromatic N) is 1. The van der Waals surface area contributed by atoms with Crippen LogP contribution in [0.1, 0.15) is 0 Å². The van der Waals surface area contributed by atoms with Crippen LogP contribution in [0.15, 0.2) is 78.9 Å². The number of carbonyl (C=O) groups excluding carboxylic acids is 2. The number of nitrogens with one attached hydrogen (secondary N) is 1. The molecule has 1 aliphatic rings. The van der Waals surface area contributed by atoms with E-state index < -0.39 is 0 Å². The van der Waals surface area contributed by atoms with E-state index >= 15 is 0 Å². The molecule has 0 fully saturated rings. The van der Waals surface area contributed by atoms with E-state index in [0.717, 1.165) is 22.1 Å². The molecule has 24 heavy (non-hydrogen) atoms. The molecule has 0 saturated heterocycles. The number of carbonyl (C=O) groups is 2. The number of imide groups is 1. The van der Waals surface area contributed by atoms with Crippen LogP contribution in [0.5, 0.6) is 0 Å². The largest absolute Gasteiger partial charge is 0.355 e. The molecular weight excluding hydrogens is 300 g/mol. The molecular formula is C20H14N2O2. The Balaban J connectivity index is 1.85. The summed E-state index contributed by atoms with van der Waals surface area (Å²) >= 11 is 0. The maximum absolute atomic E-state index is 12.0. The quantitative estimate of drug-likeness (QED) is 0.743. The zero-order valence-corrected chi connectivity index (χ0v) is 12.8. The molecule has 0 spiro atoms. The molecule has 0 unspecified atom stereocenters. The molecule has 0 radical (unpaired) electrons. The third-order valence-electron chi connectivity index (χ3n) is 3.97. The van der Waals surface area contributed by atoms with E-state index in [9.17, 15) is 9.59 Å². The lowest BCUT2D eigenvalue weighted by Gasteiger charge is -2.18. The van der Waals surface area contributed by atoms with Gasteiger partial charge in [0.15, 0.2) is 0 Å². The molecule has 3 aromatic rings. The van der Waals surface area contributed by atoms with Crippen LogP contribution in [0.25, 0.3) is 10.8 Å². The maximum Gasteiger partial charge on any atom is 0.258 e. The summed E-state index contributed by atoms with van der Waals surface area (Å²) in [6, 6.07) is 21.3. The lowest BCUT2D eigenvalue weighted by Crippen LogP contribution is -2.29. The van der Waals surface area contributed by atoms with E-state index in [0.29, 0.717) is 5.69 Å². The smallest absolute Gasteiger partial charge is 0.258 e. The standard InChI is InChI=1S/C20H14N2O2/c23-19-10-11-20(24)22(19)16-12-14-6-4-5-9-17(14)18(13-16)21-15-7-2-1-3-8-15/h1-13,21H. The van der Waals surface area contributed by atoms with Crippen LogP contribution < -0.4 is 10.2 Å². The number of hydrogen-bond donors (Lipinski definition) is 1. The molecule has 1 N–H and O–H groups in total. The van der Waals surface area contributed by atoms with Crippen molar-refractivity contribution in [2.24, 2.45) is 0 Å². The minimum atomic E-state index is -0.319. The van der Waals surface area contributed by atoms with Gasteiger partial charge in [0.05, 0.1) is 5.69 Å². The highest BCUT2D eigenvalue weighted by molar-refractivity contribution is 6.28. The summed E-state index contributed by atoms with van der Waals surface area (Å²) in [7, 11) is 0. The molecule has 0 aromatic heterocycles. The van der Waals surface area contributed by atoms with Gasteiger partial charge in [-0.2, -0.15) is 0 Å². The summed E-state index contributed by atoms with van der Waals surface area (Å²) < 4.78 is 0. The van der Waals surface area contributed by atoms with Gasteiger partial charge >= 0.3 is 0 Å². The lowest BCUT2D eigenvalue weighted by atomic mass is 10.1. The van der Waals surface area contributed by atoms with Crippen LogP contribution in [-0.4, -0.2) is 11.8 Å². The molecule has 4 rings (SSSR count). The number of anilines is 3. The van der Waals surface area contributed by atoms with Gasteiger partial charge in [0, 0.05) is 28.9 Å². The Morgan fingerprint density at radius 2 is 1.42 bits per heavy atom. The van der Waals surface area contributed by atoms with Gasteiger partial charge in [-0.25, -0.2) is 4.90 Å². The van der Waals surface area contributed by atoms with Gasteiger partial charge in [-0.3, -0.25) is 9.59 Å². The van der Waals surface area contributed by atoms with Crippen molar-refractivity contribution in [2.45, 2.75) is 0 Å². The van der Waals surface area contributed by atoms with Gasteiger partial charge in [-0.15, -0.1) is 0 Å². The normalized spacial score (nSPS) is 13.8. The number of rotatable bonds is 3. The van der Waals surface area contributed by atoms with Crippen LogP contribution in [0.4, 0.5) is 17.1 Å². The van der Waals surface area contributed by atoms with Crippen molar-refractivity contribution < 1.29 is 9.59 Å². The molecule has 2 amide bonds. The zero-order valence-electron chi connectivity index (χ0n) is 12.8. The fourth-order valence-electron chi connectivity index (χ4n) is 2.86. The monoisotopic (exact) mass is 314 g/mol. The predicted octanol–water partition coefficient (Wildman–Crippen LogP) is 4.01. The number of amides is 2. The highest BCUT2D eigenvalue weighted by Gasteiger charge is 2.25. The molecule has 0 bridgehead atoms. The summed E-state index contributed by atoms with van der Waals surface area (Å²) in [6.45, 7) is 0. The molecule has 1 heterocycles. The van der Waals surface area contributed by atoms with Crippen molar-refractivity contribution in [3.63, 3.8) is 0 Å². The minimum Gasteiger partial charge on any atom is -0.355 e. The second-order valence-corrected chi connectivity index (χ2v) is 5.55. The van der Waals surface area contributed by atoms with E-state index in [1.165, 1.54) is 17.1 Å². The molecule has 0 atom stereocenters. The van der Waals surface area contributed by atoms with E-state index in [-0.39, 0.29) is 11.8 Å². The first kappa shape index (κ1) is 14.2. The average molecular weight is 314 g/mol. The minimum absolute atomic E-state index is 0.319. The summed E-state index contributed by atoms with van der Waals surface area (Å²) in [5.74, 6) is -0.637. The number of hydrogen-bond acceptors (Lipinski definition) is 3. The van der Waals surface area contributed by atoms with Gasteiger partial charge in [0.25, 0.3) is 11.8 Å². The lowest BCUT2D eigenvalue weighted by molar-refractivity contribution is -0.119. The topological polar surface area (TPSA) is 49.4 Å². The Hall–Kier alpha value is -3.40. The number of fused-ring (bicyclic) bond motifs is 1. The first-order chi connectivity index (χ1) is 11.7. The third kappa shape index (κ3) is 2.44. The van der Waals surface area contributed by atoms with E-state index in [4.69, 9.17) is 0 Å². The van der Waals surface area contributed by atoms with Crippen molar-refractivity contribution in [1.29, 1.82) is 0 Å². The number of benzene rings is 3. The molecule has 0 saturated carbocycles. The molecule has 116 valence electrons. The first-order valence-corrected chi connectivity index (χ1v) is 7.63. The highest BCUT2D eigenvalue weighted by atomic mass is 16.2. The Kier molecular flexibility index (Phi) is 3.35. The molecule has 4 heteroatoms. The highest BCUT2D eigenvalue weighted by Crippen LogP contribution is 2.33. The summed E-state index contributed by atoms with van der Waals surface area (Å²) in [6.07, 6.45) is 2.59. The van der Waals surface area contributed by atoms with Crippen LogP contribution in [0, 0.1) is 0 Å². The van der Waals surface area contributed by atoms with Crippen molar-refractivity contribution in [3.05, 3.63) is 78.9 Å². The Labute approximate surface area is 139 Å². The van der Waals surface area contributed by atoms with Gasteiger partial charge in [-0.1, -0.05) is 42.5 Å². The zero-order chi connectivity index (χ0) is 16.5. The third-order valence-corrected chi connectivity index (χ3v) is 3.97. The first-order valence-electron chi connectivity index (χ1n) is 7.63. The summed E-state index contributed by atoms with van der Waals surface area (Å²) in [4.78, 5) is 25.2. The van der Waals surface area contributed by atoms with Gasteiger partial charge < -0.3 is 5.32 Å². The van der Waals surface area contributed by atoms with E-state index in [1.54, 1.807) is 0 Å². The molecule has 1 aliphatic heterocycles. The Bertz CT molecular complexity index is 959. The molecule has 0 aliphatic carbocycles. The fourth-order valence-corrected chi connectivity index (χ4v) is 2.86. The average Bonchev–Trinajstić information content (AvgIpc) is 2.94. The number of para-hydroxylation sites is 1. The van der Waals surface area contributed by atoms with Crippen LogP contribution in [0.2, 0.25) is 0 Å². The van der Waals surface area contributed by atoms with Crippen molar-refractivity contribution >= 4 is 39.6 Å². The van der Waals surface area contributed by atoms with Crippen molar-refractivity contribution in [1.82, 2.24) is 0 Å². The van der Waals surface area contributed by atoms with Gasteiger partial charge in [-0.05, 0) is 29.7 Å². The SMILES string of the molecule is O=C1C=CC(=O)N1c1cc(Nc2ccccc2)c2ccccc2c1. The Morgan fingerprint density at radius 3 is 2.17 bits per heavy atom. The van der Waals surface area contributed by atoms with Crippen LogP contribution in [0.3, 0.4) is 0 Å². The summed E-state index contributed by atoms with van der Waals surface area (Å²) in [5.41, 5.74) is 2.35. The van der Waals surface area contributed by atoms with Crippen LogP contribution in [-0.2, 0) is 9.59 Å². The van der Waals surface area contributed by atoms with Crippen molar-refractivity contribution in [3.8, 4) is 0 Å². The molecule has 4 nitrogen and oxygen atoms in total. The molecule has 3 aromatic carbocycles. The van der Waals surface area contributed by atoms with E-state index in [1.807, 2.05) is 66.7 Å².